The lowest BCUT2D eigenvalue weighted by atomic mass is 10.3. The van der Waals surface area contributed by atoms with E-state index in [4.69, 9.17) is 4.74 Å². The summed E-state index contributed by atoms with van der Waals surface area (Å²) in [7, 11) is 0. The normalized spacial score (nSPS) is 14.5. The summed E-state index contributed by atoms with van der Waals surface area (Å²) in [6.07, 6.45) is 0. The van der Waals surface area contributed by atoms with E-state index in [1.54, 1.807) is 12.1 Å². The number of nitrogens with one attached hydrogen (secondary N) is 1. The highest BCUT2D eigenvalue weighted by Gasteiger charge is 2.20. The maximum absolute atomic E-state index is 11.9. The molecule has 2 aromatic carbocycles. The van der Waals surface area contributed by atoms with Crippen molar-refractivity contribution in [3.05, 3.63) is 58.6 Å². The van der Waals surface area contributed by atoms with Crippen LogP contribution in [0.1, 0.15) is 0 Å². The third-order valence-electron chi connectivity index (χ3n) is 5.08. The van der Waals surface area contributed by atoms with Crippen LogP contribution in [0.2, 0.25) is 0 Å². The molecule has 1 saturated heterocycles. The molecule has 1 aliphatic rings. The van der Waals surface area contributed by atoms with Gasteiger partial charge >= 0.3 is 0 Å². The van der Waals surface area contributed by atoms with Gasteiger partial charge in [0.15, 0.2) is 11.7 Å². The van der Waals surface area contributed by atoms with Crippen molar-refractivity contribution in [3.63, 3.8) is 0 Å². The maximum atomic E-state index is 11.9. The Hall–Kier alpha value is -3.24. The number of hydrogen-bond donors (Lipinski definition) is 1. The Labute approximate surface area is 183 Å². The van der Waals surface area contributed by atoms with Crippen LogP contribution in [-0.2, 0) is 4.79 Å². The summed E-state index contributed by atoms with van der Waals surface area (Å²) >= 11 is 1.48. The molecule has 0 spiro atoms. The van der Waals surface area contributed by atoms with E-state index in [-0.39, 0.29) is 23.1 Å². The fraction of sp³-hybridized carbons (Fsp3) is 0.333. The summed E-state index contributed by atoms with van der Waals surface area (Å²) in [5.74, 6) is 0.546. The Balaban J connectivity index is 1.20. The highest BCUT2D eigenvalue weighted by Crippen LogP contribution is 2.31. The number of thiazole rings is 1. The number of aromatic nitrogens is 1. The fourth-order valence-electron chi connectivity index (χ4n) is 3.38. The zero-order valence-electron chi connectivity index (χ0n) is 16.9. The number of fused-ring (bicyclic) bond motifs is 1. The summed E-state index contributed by atoms with van der Waals surface area (Å²) in [6.45, 7) is 4.74. The van der Waals surface area contributed by atoms with Crippen LogP contribution < -0.4 is 15.0 Å². The van der Waals surface area contributed by atoms with Gasteiger partial charge in [-0.25, -0.2) is 4.98 Å². The minimum Gasteiger partial charge on any atom is -0.484 e. The number of piperazine rings is 1. The third-order valence-corrected chi connectivity index (χ3v) is 6.16. The molecule has 1 aromatic heterocycles. The maximum Gasteiger partial charge on any atom is 0.270 e. The molecular formula is C21H23N5O4S. The second kappa shape index (κ2) is 9.71. The van der Waals surface area contributed by atoms with Crippen LogP contribution in [0, 0.1) is 10.1 Å². The molecule has 0 saturated carbocycles. The van der Waals surface area contributed by atoms with E-state index in [1.165, 1.54) is 17.4 Å². The molecule has 0 unspecified atom stereocenters. The number of ether oxygens (including phenoxy) is 1. The van der Waals surface area contributed by atoms with Gasteiger partial charge in [-0.2, -0.15) is 0 Å². The van der Waals surface area contributed by atoms with Gasteiger partial charge in [-0.15, -0.1) is 0 Å². The van der Waals surface area contributed by atoms with Crippen molar-refractivity contribution in [3.8, 4) is 5.75 Å². The lowest BCUT2D eigenvalue weighted by molar-refractivity contribution is -0.384. The predicted molar refractivity (Wildman–Crippen MR) is 120 cm³/mol. The summed E-state index contributed by atoms with van der Waals surface area (Å²) < 4.78 is 6.27. The summed E-state index contributed by atoms with van der Waals surface area (Å²) in [5, 5.41) is 14.7. The Morgan fingerprint density at radius 3 is 2.68 bits per heavy atom. The van der Waals surface area contributed by atoms with Crippen molar-refractivity contribution in [2.24, 2.45) is 0 Å². The molecule has 31 heavy (non-hydrogen) atoms. The van der Waals surface area contributed by atoms with Gasteiger partial charge < -0.3 is 15.0 Å². The number of para-hydroxylation sites is 1. The molecule has 4 rings (SSSR count). The second-order valence-electron chi connectivity index (χ2n) is 7.19. The molecule has 1 N–H and O–H groups in total. The number of rotatable bonds is 8. The van der Waals surface area contributed by atoms with Gasteiger partial charge in [-0.3, -0.25) is 19.8 Å². The number of nitro benzene ring substituents is 1. The molecule has 1 aliphatic heterocycles. The fourth-order valence-corrected chi connectivity index (χ4v) is 4.43. The highest BCUT2D eigenvalue weighted by molar-refractivity contribution is 7.22. The molecule has 9 nitrogen and oxygen atoms in total. The van der Waals surface area contributed by atoms with Crippen molar-refractivity contribution < 1.29 is 14.5 Å². The molecule has 1 amide bonds. The molecule has 2 heterocycles. The van der Waals surface area contributed by atoms with Gasteiger partial charge in [0.25, 0.3) is 11.6 Å². The first-order valence-electron chi connectivity index (χ1n) is 10.1. The van der Waals surface area contributed by atoms with E-state index in [9.17, 15) is 14.9 Å². The van der Waals surface area contributed by atoms with Gasteiger partial charge in [0.2, 0.25) is 0 Å². The van der Waals surface area contributed by atoms with Crippen LogP contribution in [0.3, 0.4) is 0 Å². The van der Waals surface area contributed by atoms with E-state index in [2.05, 4.69) is 20.1 Å². The number of benzene rings is 2. The average Bonchev–Trinajstić information content (AvgIpc) is 3.22. The molecule has 0 atom stereocenters. The number of anilines is 1. The van der Waals surface area contributed by atoms with Crippen molar-refractivity contribution >= 4 is 38.3 Å². The van der Waals surface area contributed by atoms with Crippen LogP contribution in [0.5, 0.6) is 5.75 Å². The van der Waals surface area contributed by atoms with E-state index in [0.29, 0.717) is 12.3 Å². The first kappa shape index (κ1) is 21.0. The van der Waals surface area contributed by atoms with Gasteiger partial charge in [-0.1, -0.05) is 29.5 Å². The molecule has 0 bridgehead atoms. The first-order valence-corrected chi connectivity index (χ1v) is 10.9. The topological polar surface area (TPSA) is 101 Å². The lowest BCUT2D eigenvalue weighted by Crippen LogP contribution is -2.48. The summed E-state index contributed by atoms with van der Waals surface area (Å²) in [6, 6.07) is 14.0. The SMILES string of the molecule is O=C(COc1ccccc1)NCCN1CCN(c2nc3ccc([N+](=O)[O-])cc3s2)CC1. The smallest absolute Gasteiger partial charge is 0.270 e. The minimum atomic E-state index is -0.385. The lowest BCUT2D eigenvalue weighted by Gasteiger charge is -2.34. The van der Waals surface area contributed by atoms with Crippen molar-refractivity contribution in [2.45, 2.75) is 0 Å². The van der Waals surface area contributed by atoms with Gasteiger partial charge in [-0.05, 0) is 18.2 Å². The standard InChI is InChI=1S/C21H23N5O4S/c27-20(15-30-17-4-2-1-3-5-17)22-8-9-24-10-12-25(13-11-24)21-23-18-7-6-16(26(28)29)14-19(18)31-21/h1-7,14H,8-13,15H2,(H,22,27). The Morgan fingerprint density at radius 1 is 1.16 bits per heavy atom. The van der Waals surface area contributed by atoms with Crippen LogP contribution in [0.25, 0.3) is 10.2 Å². The van der Waals surface area contributed by atoms with E-state index in [1.807, 2.05) is 30.3 Å². The Bertz CT molecular complexity index is 1050. The molecule has 3 aromatic rings. The first-order chi connectivity index (χ1) is 15.1. The molecule has 0 radical (unpaired) electrons. The number of carbonyl (C=O) groups is 1. The number of nitrogens with zero attached hydrogens (tertiary/aromatic N) is 4. The zero-order valence-corrected chi connectivity index (χ0v) is 17.7. The Kier molecular flexibility index (Phi) is 6.58. The molecule has 0 aliphatic carbocycles. The average molecular weight is 442 g/mol. The van der Waals surface area contributed by atoms with E-state index in [0.717, 1.165) is 48.1 Å². The number of carbonyl (C=O) groups excluding carboxylic acids is 1. The molecule has 162 valence electrons. The van der Waals surface area contributed by atoms with Crippen LogP contribution in [-0.4, -0.2) is 66.6 Å². The van der Waals surface area contributed by atoms with E-state index >= 15 is 0 Å². The molecular weight excluding hydrogens is 418 g/mol. The van der Waals surface area contributed by atoms with E-state index < -0.39 is 0 Å². The minimum absolute atomic E-state index is 0.00750. The molecule has 10 heteroatoms. The van der Waals surface area contributed by atoms with Crippen molar-refractivity contribution in [1.82, 2.24) is 15.2 Å². The predicted octanol–water partition coefficient (Wildman–Crippen LogP) is 2.52. The summed E-state index contributed by atoms with van der Waals surface area (Å²) in [5.41, 5.74) is 0.872. The zero-order chi connectivity index (χ0) is 21.6. The van der Waals surface area contributed by atoms with Gasteiger partial charge in [0.05, 0.1) is 15.1 Å². The van der Waals surface area contributed by atoms with Gasteiger partial charge in [0, 0.05) is 51.4 Å². The molecule has 1 fully saturated rings. The quantitative estimate of drug-likeness (QED) is 0.423. The summed E-state index contributed by atoms with van der Waals surface area (Å²) in [4.78, 5) is 31.6. The monoisotopic (exact) mass is 441 g/mol. The van der Waals surface area contributed by atoms with Crippen molar-refractivity contribution in [1.29, 1.82) is 0 Å². The highest BCUT2D eigenvalue weighted by atomic mass is 32.1. The number of hydrogen-bond acceptors (Lipinski definition) is 8. The van der Waals surface area contributed by atoms with Gasteiger partial charge in [0.1, 0.15) is 5.75 Å². The number of nitro groups is 1. The van der Waals surface area contributed by atoms with Crippen LogP contribution in [0.4, 0.5) is 10.8 Å². The second-order valence-corrected chi connectivity index (χ2v) is 8.20. The number of non-ortho nitro benzene ring substituents is 1. The largest absolute Gasteiger partial charge is 0.484 e. The van der Waals surface area contributed by atoms with Crippen molar-refractivity contribution in [2.75, 3.05) is 50.8 Å². The number of amides is 1. The third kappa shape index (κ3) is 5.47. The van der Waals surface area contributed by atoms with Crippen LogP contribution >= 0.6 is 11.3 Å². The Morgan fingerprint density at radius 2 is 1.94 bits per heavy atom. The van der Waals surface area contributed by atoms with Crippen LogP contribution in [0.15, 0.2) is 48.5 Å².